The summed E-state index contributed by atoms with van der Waals surface area (Å²) in [7, 11) is 0. The van der Waals surface area contributed by atoms with Crippen LogP contribution in [0.5, 0.6) is 0 Å². The van der Waals surface area contributed by atoms with E-state index in [0.717, 1.165) is 51.1 Å². The second-order valence-electron chi connectivity index (χ2n) is 8.12. The number of benzene rings is 2. The number of aromatic nitrogens is 6. The molecule has 0 spiro atoms. The van der Waals surface area contributed by atoms with Crippen LogP contribution in [0.2, 0.25) is 0 Å². The van der Waals surface area contributed by atoms with E-state index in [4.69, 9.17) is 4.98 Å². The van der Waals surface area contributed by atoms with Gasteiger partial charge in [0, 0.05) is 23.9 Å². The van der Waals surface area contributed by atoms with Crippen LogP contribution in [-0.4, -0.2) is 30.1 Å². The number of hydrogen-bond donors (Lipinski definition) is 3. The normalized spacial score (nSPS) is 11.2. The van der Waals surface area contributed by atoms with E-state index in [2.05, 4.69) is 49.2 Å². The molecule has 0 saturated carbocycles. The van der Waals surface area contributed by atoms with Crippen LogP contribution in [0.25, 0.3) is 44.8 Å². The highest BCUT2D eigenvalue weighted by Crippen LogP contribution is 2.28. The third kappa shape index (κ3) is 3.80. The zero-order chi connectivity index (χ0) is 22.9. The molecule has 0 aliphatic rings. The largest absolute Gasteiger partial charge is 0.358 e. The minimum absolute atomic E-state index is 0.683. The van der Waals surface area contributed by atoms with Gasteiger partial charge in [-0.25, -0.2) is 9.97 Å². The van der Waals surface area contributed by atoms with Crippen LogP contribution in [0.4, 0.5) is 5.69 Å². The van der Waals surface area contributed by atoms with Gasteiger partial charge in [-0.05, 0) is 35.9 Å². The summed E-state index contributed by atoms with van der Waals surface area (Å²) in [5.41, 5.74) is 8.81. The van der Waals surface area contributed by atoms with Gasteiger partial charge < -0.3 is 10.3 Å². The average Bonchev–Trinajstić information content (AvgIpc) is 3.48. The molecule has 0 aliphatic carbocycles. The summed E-state index contributed by atoms with van der Waals surface area (Å²) in [6.07, 6.45) is 4.33. The molecule has 164 valence electrons. The number of imidazole rings is 1. The first-order valence-corrected chi connectivity index (χ1v) is 11.0. The van der Waals surface area contributed by atoms with Gasteiger partial charge in [-0.15, -0.1) is 0 Å². The highest BCUT2D eigenvalue weighted by atomic mass is 15.1. The number of fused-ring (bicyclic) bond motifs is 2. The summed E-state index contributed by atoms with van der Waals surface area (Å²) in [6, 6.07) is 24.1. The number of anilines is 1. The molecule has 3 N–H and O–H groups in total. The number of rotatable bonds is 6. The predicted octanol–water partition coefficient (Wildman–Crippen LogP) is 5.73. The fourth-order valence-corrected chi connectivity index (χ4v) is 4.03. The fourth-order valence-electron chi connectivity index (χ4n) is 4.03. The molecule has 6 aromatic rings. The van der Waals surface area contributed by atoms with Crippen molar-refractivity contribution in [3.8, 4) is 22.8 Å². The summed E-state index contributed by atoms with van der Waals surface area (Å²) >= 11 is 0. The van der Waals surface area contributed by atoms with Crippen LogP contribution in [0.3, 0.4) is 0 Å². The molecular formula is C27H21N7. The quantitative estimate of drug-likeness (QED) is 0.305. The van der Waals surface area contributed by atoms with Crippen molar-refractivity contribution in [3.63, 3.8) is 0 Å². The van der Waals surface area contributed by atoms with Crippen molar-refractivity contribution in [2.45, 2.75) is 6.42 Å². The van der Waals surface area contributed by atoms with Crippen LogP contribution in [-0.2, 0) is 6.42 Å². The van der Waals surface area contributed by atoms with Gasteiger partial charge >= 0.3 is 0 Å². The van der Waals surface area contributed by atoms with E-state index in [-0.39, 0.29) is 0 Å². The van der Waals surface area contributed by atoms with Gasteiger partial charge in [-0.1, -0.05) is 49.0 Å². The van der Waals surface area contributed by atoms with Crippen molar-refractivity contribution in [2.24, 2.45) is 0 Å². The first-order chi connectivity index (χ1) is 16.7. The molecule has 2 aromatic carbocycles. The topological polar surface area (TPSA) is 95.2 Å². The van der Waals surface area contributed by atoms with Gasteiger partial charge in [0.25, 0.3) is 0 Å². The van der Waals surface area contributed by atoms with E-state index >= 15 is 0 Å². The Kier molecular flexibility index (Phi) is 4.85. The van der Waals surface area contributed by atoms with Crippen LogP contribution >= 0.6 is 0 Å². The minimum Gasteiger partial charge on any atom is -0.358 e. The molecule has 34 heavy (non-hydrogen) atoms. The van der Waals surface area contributed by atoms with E-state index in [1.54, 1.807) is 12.4 Å². The van der Waals surface area contributed by atoms with Crippen LogP contribution in [0, 0.1) is 0 Å². The van der Waals surface area contributed by atoms with E-state index in [9.17, 15) is 0 Å². The standard InChI is InChI=1S/C27H21N7/c1-17(13-18-7-3-2-4-8-18)29-20-14-19(15-28-16-20)21-11-12-24-25(30-21)26(34-33-24)27-31-22-9-5-6-10-23(22)32-27/h2-12,14-16,29H,1,13H2,(H,31,32)(H,33,34). The Morgan fingerprint density at radius 1 is 0.882 bits per heavy atom. The smallest absolute Gasteiger partial charge is 0.161 e. The molecule has 0 radical (unpaired) electrons. The molecule has 7 nitrogen and oxygen atoms in total. The van der Waals surface area contributed by atoms with Gasteiger partial charge in [0.05, 0.1) is 34.1 Å². The number of nitrogens with zero attached hydrogens (tertiary/aromatic N) is 4. The molecule has 7 heteroatoms. The van der Waals surface area contributed by atoms with E-state index in [1.807, 2.05) is 60.7 Å². The Hall–Kier alpha value is -4.78. The third-order valence-corrected chi connectivity index (χ3v) is 5.64. The summed E-state index contributed by atoms with van der Waals surface area (Å²) in [6.45, 7) is 4.17. The highest BCUT2D eigenvalue weighted by Gasteiger charge is 2.15. The molecular weight excluding hydrogens is 422 g/mol. The molecule has 0 bridgehead atoms. The summed E-state index contributed by atoms with van der Waals surface area (Å²) in [5, 5.41) is 10.9. The zero-order valence-corrected chi connectivity index (χ0v) is 18.3. The van der Waals surface area contributed by atoms with E-state index in [0.29, 0.717) is 11.5 Å². The lowest BCUT2D eigenvalue weighted by atomic mass is 10.1. The number of aromatic amines is 2. The Morgan fingerprint density at radius 3 is 2.62 bits per heavy atom. The highest BCUT2D eigenvalue weighted by molar-refractivity contribution is 5.91. The molecule has 0 saturated heterocycles. The number of allylic oxidation sites excluding steroid dienone is 1. The van der Waals surface area contributed by atoms with Crippen molar-refractivity contribution >= 4 is 27.8 Å². The van der Waals surface area contributed by atoms with Gasteiger partial charge in [0.1, 0.15) is 5.52 Å². The number of pyridine rings is 2. The Balaban J connectivity index is 1.30. The van der Waals surface area contributed by atoms with Crippen molar-refractivity contribution in [1.82, 2.24) is 30.1 Å². The van der Waals surface area contributed by atoms with Gasteiger partial charge in [0.2, 0.25) is 0 Å². The zero-order valence-electron chi connectivity index (χ0n) is 18.3. The predicted molar refractivity (Wildman–Crippen MR) is 135 cm³/mol. The first-order valence-electron chi connectivity index (χ1n) is 11.0. The Bertz CT molecular complexity index is 1600. The lowest BCUT2D eigenvalue weighted by molar-refractivity contribution is 1.10. The maximum absolute atomic E-state index is 4.90. The first kappa shape index (κ1) is 19.9. The molecule has 0 unspecified atom stereocenters. The van der Waals surface area contributed by atoms with Crippen LogP contribution in [0.15, 0.2) is 97.5 Å². The lowest BCUT2D eigenvalue weighted by Gasteiger charge is -2.11. The van der Waals surface area contributed by atoms with Crippen LogP contribution in [0.1, 0.15) is 5.56 Å². The average molecular weight is 444 g/mol. The summed E-state index contributed by atoms with van der Waals surface area (Å²) in [5.74, 6) is 0.683. The van der Waals surface area contributed by atoms with Gasteiger partial charge in [-0.3, -0.25) is 10.1 Å². The molecule has 0 aliphatic heterocycles. The van der Waals surface area contributed by atoms with Gasteiger partial charge in [0.15, 0.2) is 11.5 Å². The van der Waals surface area contributed by atoms with Crippen LogP contribution < -0.4 is 5.32 Å². The lowest BCUT2D eigenvalue weighted by Crippen LogP contribution is -2.02. The molecule has 4 heterocycles. The number of hydrogen-bond acceptors (Lipinski definition) is 5. The monoisotopic (exact) mass is 443 g/mol. The van der Waals surface area contributed by atoms with E-state index < -0.39 is 0 Å². The maximum atomic E-state index is 4.90. The Morgan fingerprint density at radius 2 is 1.74 bits per heavy atom. The second-order valence-corrected chi connectivity index (χ2v) is 8.12. The van der Waals surface area contributed by atoms with Crippen molar-refractivity contribution in [1.29, 1.82) is 0 Å². The molecule has 4 aromatic heterocycles. The number of nitrogens with one attached hydrogen (secondary N) is 3. The summed E-state index contributed by atoms with van der Waals surface area (Å²) in [4.78, 5) is 17.3. The number of H-pyrrole nitrogens is 2. The van der Waals surface area contributed by atoms with Gasteiger partial charge in [-0.2, -0.15) is 5.10 Å². The third-order valence-electron chi connectivity index (χ3n) is 5.64. The van der Waals surface area contributed by atoms with Crippen molar-refractivity contribution < 1.29 is 0 Å². The SMILES string of the molecule is C=C(Cc1ccccc1)Nc1cncc(-c2ccc3[nH]nc(-c4nc5ccccc5[nH]4)c3n2)c1. The summed E-state index contributed by atoms with van der Waals surface area (Å²) < 4.78 is 0. The Labute approximate surface area is 195 Å². The molecule has 6 rings (SSSR count). The van der Waals surface area contributed by atoms with E-state index in [1.165, 1.54) is 5.56 Å². The molecule has 0 atom stereocenters. The maximum Gasteiger partial charge on any atom is 0.161 e. The number of para-hydroxylation sites is 2. The molecule has 0 amide bonds. The minimum atomic E-state index is 0.683. The molecule has 0 fully saturated rings. The second kappa shape index (κ2) is 8.29. The van der Waals surface area contributed by atoms with Crippen molar-refractivity contribution in [2.75, 3.05) is 5.32 Å². The fraction of sp³-hybridized carbons (Fsp3) is 0.0370. The van der Waals surface area contributed by atoms with Crippen molar-refractivity contribution in [3.05, 3.63) is 103 Å².